The lowest BCUT2D eigenvalue weighted by molar-refractivity contribution is 0.261. The van der Waals surface area contributed by atoms with Crippen molar-refractivity contribution in [3.63, 3.8) is 0 Å². The molecule has 3 N–H and O–H groups in total. The number of ether oxygens (including phenoxy) is 1. The van der Waals surface area contributed by atoms with Gasteiger partial charge in [0, 0.05) is 30.8 Å². The second-order valence-corrected chi connectivity index (χ2v) is 7.11. The maximum atomic E-state index is 6.22. The van der Waals surface area contributed by atoms with Crippen molar-refractivity contribution in [3.05, 3.63) is 41.1 Å². The molecule has 1 aromatic carbocycles. The van der Waals surface area contributed by atoms with Gasteiger partial charge in [-0.25, -0.2) is 4.98 Å². The third-order valence-electron chi connectivity index (χ3n) is 4.40. The number of aromatic nitrogens is 2. The zero-order valence-electron chi connectivity index (χ0n) is 17.1. The van der Waals surface area contributed by atoms with Crippen LogP contribution in [0.2, 0.25) is 0 Å². The quantitative estimate of drug-likeness (QED) is 0.589. The number of benzene rings is 1. The van der Waals surface area contributed by atoms with Gasteiger partial charge in [-0.1, -0.05) is 31.9 Å². The Hall–Kier alpha value is -2.34. The molecule has 0 spiro atoms. The number of nitrogens with two attached hydrogens (primary N) is 1. The molecule has 2 aromatic rings. The normalized spacial score (nSPS) is 11.0. The molecule has 0 saturated carbocycles. The fraction of sp³-hybridized carbons (Fsp3) is 0.524. The van der Waals surface area contributed by atoms with Crippen molar-refractivity contribution in [1.29, 1.82) is 0 Å². The lowest BCUT2D eigenvalue weighted by atomic mass is 10.0. The minimum Gasteiger partial charge on any atom is -0.492 e. The zero-order valence-corrected chi connectivity index (χ0v) is 17.1. The van der Waals surface area contributed by atoms with Crippen molar-refractivity contribution >= 4 is 11.8 Å². The summed E-state index contributed by atoms with van der Waals surface area (Å²) in [5.74, 6) is 2.03. The van der Waals surface area contributed by atoms with Gasteiger partial charge in [0.25, 0.3) is 0 Å². The van der Waals surface area contributed by atoms with Gasteiger partial charge in [0.2, 0.25) is 5.95 Å². The van der Waals surface area contributed by atoms with Gasteiger partial charge in [0.05, 0.1) is 0 Å². The van der Waals surface area contributed by atoms with Gasteiger partial charge in [-0.3, -0.25) is 0 Å². The number of aryl methyl sites for hydroxylation is 1. The van der Waals surface area contributed by atoms with Gasteiger partial charge in [-0.2, -0.15) is 4.98 Å². The molecule has 1 aromatic heterocycles. The van der Waals surface area contributed by atoms with Gasteiger partial charge < -0.3 is 20.7 Å². The third-order valence-corrected chi connectivity index (χ3v) is 4.40. The summed E-state index contributed by atoms with van der Waals surface area (Å²) >= 11 is 0. The Morgan fingerprint density at radius 3 is 2.70 bits per heavy atom. The minimum atomic E-state index is 0.541. The first kappa shape index (κ1) is 21.0. The van der Waals surface area contributed by atoms with Gasteiger partial charge in [-0.05, 0) is 45.1 Å². The van der Waals surface area contributed by atoms with Crippen LogP contribution in [0.15, 0.2) is 24.3 Å². The predicted octanol–water partition coefficient (Wildman–Crippen LogP) is 3.50. The number of nitrogens with zero attached hydrogens (tertiary/aromatic N) is 3. The maximum Gasteiger partial charge on any atom is 0.224 e. The molecular formula is C21H33N5O. The molecule has 0 saturated heterocycles. The number of likely N-dealkylation sites (N-methyl/N-ethyl adjacent to an activating group) is 1. The Labute approximate surface area is 163 Å². The summed E-state index contributed by atoms with van der Waals surface area (Å²) in [5, 5.41) is 3.27. The molecule has 1 heterocycles. The third kappa shape index (κ3) is 7.06. The zero-order chi connectivity index (χ0) is 19.6. The van der Waals surface area contributed by atoms with E-state index in [4.69, 9.17) is 10.5 Å². The number of unbranched alkanes of at least 4 members (excludes halogenated alkanes) is 2. The van der Waals surface area contributed by atoms with Crippen molar-refractivity contribution in [2.24, 2.45) is 0 Å². The highest BCUT2D eigenvalue weighted by Crippen LogP contribution is 2.22. The van der Waals surface area contributed by atoms with Crippen molar-refractivity contribution in [2.45, 2.75) is 39.5 Å². The number of rotatable bonds is 11. The van der Waals surface area contributed by atoms with E-state index < -0.39 is 0 Å². The summed E-state index contributed by atoms with van der Waals surface area (Å²) in [4.78, 5) is 11.1. The molecule has 0 unspecified atom stereocenters. The average molecular weight is 372 g/mol. The fourth-order valence-electron chi connectivity index (χ4n) is 2.79. The first-order valence-electron chi connectivity index (χ1n) is 9.73. The highest BCUT2D eigenvalue weighted by molar-refractivity contribution is 5.49. The SMILES string of the molecule is CCCCCNc1nc(C)c(Cc2cccc(OCCN(C)C)c2)c(N)n1. The number of hydrogen-bond donors (Lipinski definition) is 2. The summed E-state index contributed by atoms with van der Waals surface area (Å²) < 4.78 is 5.82. The van der Waals surface area contributed by atoms with Crippen LogP contribution in [-0.2, 0) is 6.42 Å². The summed E-state index contributed by atoms with van der Waals surface area (Å²) in [6, 6.07) is 8.13. The number of nitrogen functional groups attached to an aromatic ring is 1. The number of nitrogens with one attached hydrogen (secondary N) is 1. The van der Waals surface area contributed by atoms with E-state index in [1.807, 2.05) is 33.2 Å². The maximum absolute atomic E-state index is 6.22. The van der Waals surface area contributed by atoms with E-state index >= 15 is 0 Å². The topological polar surface area (TPSA) is 76.3 Å². The van der Waals surface area contributed by atoms with E-state index in [-0.39, 0.29) is 0 Å². The Kier molecular flexibility index (Phi) is 8.33. The first-order chi connectivity index (χ1) is 13.0. The molecule has 0 fully saturated rings. The summed E-state index contributed by atoms with van der Waals surface area (Å²) in [6.45, 7) is 6.60. The van der Waals surface area contributed by atoms with Gasteiger partial charge in [-0.15, -0.1) is 0 Å². The molecule has 0 aliphatic heterocycles. The van der Waals surface area contributed by atoms with Crippen LogP contribution < -0.4 is 15.8 Å². The molecule has 6 heteroatoms. The fourth-order valence-corrected chi connectivity index (χ4v) is 2.79. The second kappa shape index (κ2) is 10.7. The van der Waals surface area contributed by atoms with Crippen LogP contribution >= 0.6 is 0 Å². The molecule has 0 aliphatic rings. The van der Waals surface area contributed by atoms with E-state index in [1.165, 1.54) is 12.8 Å². The Morgan fingerprint density at radius 2 is 2.00 bits per heavy atom. The Morgan fingerprint density at radius 1 is 1.19 bits per heavy atom. The Balaban J connectivity index is 2.02. The number of hydrogen-bond acceptors (Lipinski definition) is 6. The van der Waals surface area contributed by atoms with Crippen LogP contribution in [0.4, 0.5) is 11.8 Å². The van der Waals surface area contributed by atoms with Gasteiger partial charge >= 0.3 is 0 Å². The van der Waals surface area contributed by atoms with E-state index in [0.717, 1.165) is 42.1 Å². The van der Waals surface area contributed by atoms with E-state index in [0.29, 0.717) is 24.8 Å². The highest BCUT2D eigenvalue weighted by Gasteiger charge is 2.11. The van der Waals surface area contributed by atoms with Crippen LogP contribution in [0.3, 0.4) is 0 Å². The summed E-state index contributed by atoms with van der Waals surface area (Å²) in [5.41, 5.74) is 9.25. The molecule has 148 valence electrons. The molecule has 0 atom stereocenters. The van der Waals surface area contributed by atoms with Crippen LogP contribution in [0.1, 0.15) is 43.0 Å². The van der Waals surface area contributed by atoms with E-state index in [1.54, 1.807) is 0 Å². The second-order valence-electron chi connectivity index (χ2n) is 7.11. The van der Waals surface area contributed by atoms with Crippen LogP contribution in [-0.4, -0.2) is 48.7 Å². The van der Waals surface area contributed by atoms with Crippen LogP contribution in [0.25, 0.3) is 0 Å². The molecule has 0 radical (unpaired) electrons. The molecule has 2 rings (SSSR count). The van der Waals surface area contributed by atoms with Crippen molar-refractivity contribution in [3.8, 4) is 5.75 Å². The monoisotopic (exact) mass is 371 g/mol. The molecule has 0 aliphatic carbocycles. The predicted molar refractivity (Wildman–Crippen MR) is 112 cm³/mol. The minimum absolute atomic E-state index is 0.541. The average Bonchev–Trinajstić information content (AvgIpc) is 2.62. The largest absolute Gasteiger partial charge is 0.492 e. The van der Waals surface area contributed by atoms with Crippen LogP contribution in [0.5, 0.6) is 5.75 Å². The van der Waals surface area contributed by atoms with Gasteiger partial charge in [0.1, 0.15) is 18.2 Å². The van der Waals surface area contributed by atoms with E-state index in [9.17, 15) is 0 Å². The van der Waals surface area contributed by atoms with Crippen molar-refractivity contribution in [1.82, 2.24) is 14.9 Å². The molecule has 0 amide bonds. The summed E-state index contributed by atoms with van der Waals surface area (Å²) in [7, 11) is 4.07. The van der Waals surface area contributed by atoms with Crippen LogP contribution in [0, 0.1) is 6.92 Å². The highest BCUT2D eigenvalue weighted by atomic mass is 16.5. The smallest absolute Gasteiger partial charge is 0.224 e. The summed E-state index contributed by atoms with van der Waals surface area (Å²) in [6.07, 6.45) is 4.20. The van der Waals surface area contributed by atoms with E-state index in [2.05, 4.69) is 39.2 Å². The number of anilines is 2. The lowest BCUT2D eigenvalue weighted by Crippen LogP contribution is -2.19. The molecule has 6 nitrogen and oxygen atoms in total. The molecule has 0 bridgehead atoms. The van der Waals surface area contributed by atoms with Crippen molar-refractivity contribution in [2.75, 3.05) is 44.8 Å². The standard InChI is InChI=1S/C21H33N5O/c1-5-6-7-11-23-21-24-16(2)19(20(22)25-21)15-17-9-8-10-18(14-17)27-13-12-26(3)4/h8-10,14H,5-7,11-13,15H2,1-4H3,(H3,22,23,24,25). The lowest BCUT2D eigenvalue weighted by Gasteiger charge is -2.13. The van der Waals surface area contributed by atoms with Gasteiger partial charge in [0.15, 0.2) is 0 Å². The Bertz CT molecular complexity index is 694. The molecule has 27 heavy (non-hydrogen) atoms. The first-order valence-corrected chi connectivity index (χ1v) is 9.73. The van der Waals surface area contributed by atoms with Crippen molar-refractivity contribution < 1.29 is 4.74 Å². The molecular weight excluding hydrogens is 338 g/mol.